The molecule has 0 aromatic heterocycles. The van der Waals surface area contributed by atoms with Crippen molar-refractivity contribution in [3.63, 3.8) is 0 Å². The van der Waals surface area contributed by atoms with Crippen LogP contribution in [0.1, 0.15) is 36.5 Å². The van der Waals surface area contributed by atoms with E-state index in [-0.39, 0.29) is 0 Å². The van der Waals surface area contributed by atoms with E-state index >= 15 is 0 Å². The molecule has 1 aliphatic rings. The van der Waals surface area contributed by atoms with Crippen molar-refractivity contribution < 1.29 is 9.53 Å². The third-order valence-electron chi connectivity index (χ3n) is 6.83. The average Bonchev–Trinajstić information content (AvgIpc) is 3.25. The Kier molecular flexibility index (Phi) is 6.55. The van der Waals surface area contributed by atoms with E-state index in [1.165, 1.54) is 38.8 Å². The van der Waals surface area contributed by atoms with E-state index in [1.54, 1.807) is 0 Å². The van der Waals surface area contributed by atoms with Gasteiger partial charge in [-0.2, -0.15) is 0 Å². The maximum Gasteiger partial charge on any atom is 0.417 e. The fourth-order valence-electron chi connectivity index (χ4n) is 4.91. The summed E-state index contributed by atoms with van der Waals surface area (Å²) < 4.78 is 5.59. The van der Waals surface area contributed by atoms with E-state index in [4.69, 9.17) is 4.74 Å². The van der Waals surface area contributed by atoms with Crippen LogP contribution >= 0.6 is 0 Å². The molecule has 5 rings (SSSR count). The SMILES string of the molecule is CC(C)c1ccc(NC(=O)Oc2ccc3c(c2)CCN3Cc2cc(N(C)C)c3ccccc3c2)cc1. The molecule has 1 amide bonds. The van der Waals surface area contributed by atoms with Crippen molar-refractivity contribution in [3.05, 3.63) is 95.6 Å². The Morgan fingerprint density at radius 2 is 1.78 bits per heavy atom. The molecule has 4 aromatic carbocycles. The number of amides is 1. The van der Waals surface area contributed by atoms with Crippen LogP contribution in [0.5, 0.6) is 5.75 Å². The molecule has 1 N–H and O–H groups in total. The molecule has 36 heavy (non-hydrogen) atoms. The Morgan fingerprint density at radius 3 is 2.53 bits per heavy atom. The standard InChI is InChI=1S/C31H33N3O2/c1-21(2)23-9-11-26(12-10-23)32-31(35)36-27-13-14-29-25(19-27)15-16-34(29)20-22-17-24-7-5-6-8-28(24)30(18-22)33(3)4/h5-14,17-19,21H,15-16,20H2,1-4H3,(H,32,35). The van der Waals surface area contributed by atoms with E-state index in [2.05, 4.69) is 85.5 Å². The Balaban J connectivity index is 1.27. The fraction of sp³-hybridized carbons (Fsp3) is 0.258. The number of ether oxygens (including phenoxy) is 1. The number of nitrogens with zero attached hydrogens (tertiary/aromatic N) is 2. The first-order valence-electron chi connectivity index (χ1n) is 12.5. The number of hydrogen-bond acceptors (Lipinski definition) is 4. The van der Waals surface area contributed by atoms with Crippen LogP contribution in [0.4, 0.5) is 21.9 Å². The second-order valence-electron chi connectivity index (χ2n) is 9.98. The Hall–Kier alpha value is -3.99. The number of hydrogen-bond donors (Lipinski definition) is 1. The molecule has 4 aromatic rings. The normalized spacial score (nSPS) is 12.6. The summed E-state index contributed by atoms with van der Waals surface area (Å²) in [7, 11) is 4.18. The fourth-order valence-corrected chi connectivity index (χ4v) is 4.91. The lowest BCUT2D eigenvalue weighted by Crippen LogP contribution is -2.20. The van der Waals surface area contributed by atoms with Crippen LogP contribution in [0, 0.1) is 0 Å². The zero-order chi connectivity index (χ0) is 25.2. The third-order valence-corrected chi connectivity index (χ3v) is 6.83. The summed E-state index contributed by atoms with van der Waals surface area (Å²) in [5.74, 6) is 1.01. The van der Waals surface area contributed by atoms with Crippen molar-refractivity contribution in [3.8, 4) is 5.75 Å². The van der Waals surface area contributed by atoms with Crippen LogP contribution < -0.4 is 19.9 Å². The van der Waals surface area contributed by atoms with Gasteiger partial charge in [0, 0.05) is 49.6 Å². The van der Waals surface area contributed by atoms with Crippen LogP contribution in [0.3, 0.4) is 0 Å². The minimum Gasteiger partial charge on any atom is -0.410 e. The number of fused-ring (bicyclic) bond motifs is 2. The molecule has 0 bridgehead atoms. The maximum absolute atomic E-state index is 12.5. The molecule has 0 unspecified atom stereocenters. The second-order valence-corrected chi connectivity index (χ2v) is 9.98. The quantitative estimate of drug-likeness (QED) is 0.318. The van der Waals surface area contributed by atoms with Crippen molar-refractivity contribution >= 4 is 33.9 Å². The zero-order valence-electron chi connectivity index (χ0n) is 21.4. The largest absolute Gasteiger partial charge is 0.417 e. The highest BCUT2D eigenvalue weighted by molar-refractivity contribution is 5.95. The molecule has 0 spiro atoms. The number of carbonyl (C=O) groups is 1. The summed E-state index contributed by atoms with van der Waals surface area (Å²) in [6.45, 7) is 6.08. The number of nitrogens with one attached hydrogen (secondary N) is 1. The van der Waals surface area contributed by atoms with E-state index in [9.17, 15) is 4.79 Å². The molecule has 1 heterocycles. The van der Waals surface area contributed by atoms with Gasteiger partial charge >= 0.3 is 6.09 Å². The van der Waals surface area contributed by atoms with Gasteiger partial charge < -0.3 is 14.5 Å². The third kappa shape index (κ3) is 5.01. The first-order valence-corrected chi connectivity index (χ1v) is 12.5. The molecule has 0 saturated carbocycles. The lowest BCUT2D eigenvalue weighted by atomic mass is 10.0. The van der Waals surface area contributed by atoms with E-state index in [0.29, 0.717) is 11.7 Å². The number of rotatable bonds is 6. The molecule has 5 heteroatoms. The van der Waals surface area contributed by atoms with Crippen LogP contribution in [0.25, 0.3) is 10.8 Å². The van der Waals surface area contributed by atoms with Gasteiger partial charge in [0.05, 0.1) is 0 Å². The van der Waals surface area contributed by atoms with Crippen LogP contribution in [-0.2, 0) is 13.0 Å². The van der Waals surface area contributed by atoms with Gasteiger partial charge in [-0.05, 0) is 76.9 Å². The lowest BCUT2D eigenvalue weighted by Gasteiger charge is -2.22. The molecule has 0 aliphatic carbocycles. The van der Waals surface area contributed by atoms with Crippen LogP contribution in [-0.4, -0.2) is 26.7 Å². The average molecular weight is 480 g/mol. The Bertz CT molecular complexity index is 1390. The van der Waals surface area contributed by atoms with Gasteiger partial charge in [0.1, 0.15) is 5.75 Å². The van der Waals surface area contributed by atoms with E-state index in [0.717, 1.165) is 25.2 Å². The van der Waals surface area contributed by atoms with Crippen molar-refractivity contribution in [2.24, 2.45) is 0 Å². The minimum atomic E-state index is -0.477. The monoisotopic (exact) mass is 479 g/mol. The lowest BCUT2D eigenvalue weighted by molar-refractivity contribution is 0.215. The maximum atomic E-state index is 12.5. The molecule has 0 saturated heterocycles. The summed E-state index contributed by atoms with van der Waals surface area (Å²) in [6, 6.07) is 26.9. The highest BCUT2D eigenvalue weighted by Gasteiger charge is 2.21. The Labute approximate surface area is 213 Å². The summed E-state index contributed by atoms with van der Waals surface area (Å²) in [6.07, 6.45) is 0.452. The first kappa shape index (κ1) is 23.7. The molecule has 0 radical (unpaired) electrons. The highest BCUT2D eigenvalue weighted by atomic mass is 16.6. The predicted octanol–water partition coefficient (Wildman–Crippen LogP) is 7.20. The zero-order valence-corrected chi connectivity index (χ0v) is 21.4. The summed E-state index contributed by atoms with van der Waals surface area (Å²) in [4.78, 5) is 17.0. The number of benzene rings is 4. The minimum absolute atomic E-state index is 0.452. The summed E-state index contributed by atoms with van der Waals surface area (Å²) >= 11 is 0. The molecule has 5 nitrogen and oxygen atoms in total. The van der Waals surface area contributed by atoms with Crippen molar-refractivity contribution in [2.45, 2.75) is 32.7 Å². The first-order chi connectivity index (χ1) is 17.4. The molecule has 0 fully saturated rings. The van der Waals surface area contributed by atoms with E-state index < -0.39 is 6.09 Å². The van der Waals surface area contributed by atoms with Gasteiger partial charge in [0.15, 0.2) is 0 Å². The van der Waals surface area contributed by atoms with Gasteiger partial charge in [-0.15, -0.1) is 0 Å². The van der Waals surface area contributed by atoms with Gasteiger partial charge in [-0.25, -0.2) is 4.79 Å². The molecule has 1 aliphatic heterocycles. The van der Waals surface area contributed by atoms with Gasteiger partial charge in [0.2, 0.25) is 0 Å². The summed E-state index contributed by atoms with van der Waals surface area (Å²) in [5.41, 5.74) is 6.88. The predicted molar refractivity (Wildman–Crippen MR) is 150 cm³/mol. The smallest absolute Gasteiger partial charge is 0.410 e. The van der Waals surface area contributed by atoms with E-state index in [1.807, 2.05) is 36.4 Å². The Morgan fingerprint density at radius 1 is 1.00 bits per heavy atom. The van der Waals surface area contributed by atoms with Gasteiger partial charge in [0.25, 0.3) is 0 Å². The topological polar surface area (TPSA) is 44.8 Å². The highest BCUT2D eigenvalue weighted by Crippen LogP contribution is 2.34. The van der Waals surface area contributed by atoms with Crippen molar-refractivity contribution in [1.82, 2.24) is 0 Å². The molecular weight excluding hydrogens is 446 g/mol. The van der Waals surface area contributed by atoms with Gasteiger partial charge in [-0.1, -0.05) is 50.2 Å². The summed E-state index contributed by atoms with van der Waals surface area (Å²) in [5, 5.41) is 5.34. The second kappa shape index (κ2) is 9.94. The number of anilines is 3. The molecular formula is C31H33N3O2. The molecule has 184 valence electrons. The number of carbonyl (C=O) groups excluding carboxylic acids is 1. The van der Waals surface area contributed by atoms with Crippen molar-refractivity contribution in [2.75, 3.05) is 35.8 Å². The van der Waals surface area contributed by atoms with Gasteiger partial charge in [-0.3, -0.25) is 5.32 Å². The van der Waals surface area contributed by atoms with Crippen LogP contribution in [0.15, 0.2) is 78.9 Å². The van der Waals surface area contributed by atoms with Crippen molar-refractivity contribution in [1.29, 1.82) is 0 Å². The van der Waals surface area contributed by atoms with Crippen LogP contribution in [0.2, 0.25) is 0 Å². The molecule has 0 atom stereocenters.